The third-order valence-corrected chi connectivity index (χ3v) is 7.72. The first-order chi connectivity index (χ1) is 19.0. The number of anilines is 1. The molecule has 1 amide bonds. The predicted octanol–water partition coefficient (Wildman–Crippen LogP) is 0.649. The number of pyridine rings is 1. The van der Waals surface area contributed by atoms with Crippen LogP contribution in [0.3, 0.4) is 0 Å². The topological polar surface area (TPSA) is 162 Å². The minimum atomic E-state index is -4.30. The van der Waals surface area contributed by atoms with Crippen molar-refractivity contribution in [1.82, 2.24) is 19.9 Å². The van der Waals surface area contributed by atoms with E-state index >= 15 is 4.39 Å². The van der Waals surface area contributed by atoms with Gasteiger partial charge in [0.2, 0.25) is 21.9 Å². The number of carboxylic acids is 1. The van der Waals surface area contributed by atoms with Crippen molar-refractivity contribution in [2.75, 3.05) is 18.0 Å². The normalized spacial score (nSPS) is 16.1. The monoisotopic (exact) mass is 576 g/mol. The number of hydrogen-bond donors (Lipinski definition) is 4. The Balaban J connectivity index is 1.66. The molecular formula is C25H26F2N6O6S. The summed E-state index contributed by atoms with van der Waals surface area (Å²) in [4.78, 5) is 41.7. The van der Waals surface area contributed by atoms with Gasteiger partial charge in [-0.1, -0.05) is 18.2 Å². The van der Waals surface area contributed by atoms with Crippen LogP contribution in [-0.4, -0.2) is 62.1 Å². The van der Waals surface area contributed by atoms with Gasteiger partial charge in [0, 0.05) is 38.1 Å². The lowest BCUT2D eigenvalue weighted by Gasteiger charge is -2.23. The molecule has 3 aromatic rings. The van der Waals surface area contributed by atoms with Crippen LogP contribution >= 0.6 is 0 Å². The quantitative estimate of drug-likeness (QED) is 0.242. The molecule has 1 aliphatic heterocycles. The van der Waals surface area contributed by atoms with Gasteiger partial charge in [0.1, 0.15) is 17.5 Å². The van der Waals surface area contributed by atoms with Crippen molar-refractivity contribution in [1.29, 1.82) is 0 Å². The first kappa shape index (κ1) is 28.9. The summed E-state index contributed by atoms with van der Waals surface area (Å²) >= 11 is 0. The second-order valence-electron chi connectivity index (χ2n) is 8.94. The lowest BCUT2D eigenvalue weighted by atomic mass is 10.1. The fraction of sp³-hybridized carbons (Fsp3) is 0.280. The van der Waals surface area contributed by atoms with Gasteiger partial charge in [0.15, 0.2) is 12.1 Å². The number of aliphatic carboxylic acids is 1. The maximum absolute atomic E-state index is 15.5. The molecule has 2 heterocycles. The van der Waals surface area contributed by atoms with E-state index in [1.807, 2.05) is 4.72 Å². The highest BCUT2D eigenvalue weighted by molar-refractivity contribution is 7.89. The number of aliphatic imine (C=N–C) groups is 1. The molecule has 12 nitrogen and oxygen atoms in total. The largest absolute Gasteiger partial charge is 0.480 e. The van der Waals surface area contributed by atoms with E-state index in [1.165, 1.54) is 35.9 Å². The average Bonchev–Trinajstić information content (AvgIpc) is 2.93. The highest BCUT2D eigenvalue weighted by atomic mass is 32.2. The fourth-order valence-electron chi connectivity index (χ4n) is 4.23. The lowest BCUT2D eigenvalue weighted by Crippen LogP contribution is -2.49. The Morgan fingerprint density at radius 1 is 1.32 bits per heavy atom. The summed E-state index contributed by atoms with van der Waals surface area (Å²) in [6, 6.07) is 5.96. The first-order valence-electron chi connectivity index (χ1n) is 12.0. The molecule has 0 aliphatic carbocycles. The van der Waals surface area contributed by atoms with Gasteiger partial charge in [-0.2, -0.15) is 4.72 Å². The fourth-order valence-corrected chi connectivity index (χ4v) is 5.44. The zero-order valence-corrected chi connectivity index (χ0v) is 22.0. The van der Waals surface area contributed by atoms with Crippen molar-refractivity contribution >= 4 is 45.2 Å². The number of carbonyl (C=O) groups excluding carboxylic acids is 1. The Labute approximate surface area is 227 Å². The number of nitrogens with one attached hydrogen (secondary N) is 3. The number of fused-ring (bicyclic) bond motifs is 1. The Bertz CT molecular complexity index is 1630. The Morgan fingerprint density at radius 3 is 2.67 bits per heavy atom. The molecule has 0 saturated carbocycles. The van der Waals surface area contributed by atoms with Gasteiger partial charge in [-0.3, -0.25) is 30.0 Å². The first-order valence-corrected chi connectivity index (χ1v) is 13.5. The number of hydrogen-bond acceptors (Lipinski definition) is 8. The number of aryl methyl sites for hydroxylation is 1. The summed E-state index contributed by atoms with van der Waals surface area (Å²) in [5, 5.41) is 15.2. The highest BCUT2D eigenvalue weighted by Gasteiger charge is 2.29. The zero-order valence-electron chi connectivity index (χ0n) is 21.2. The van der Waals surface area contributed by atoms with Gasteiger partial charge >= 0.3 is 5.97 Å². The number of rotatable bonds is 11. The molecule has 0 bridgehead atoms. The molecule has 4 N–H and O–H groups in total. The van der Waals surface area contributed by atoms with E-state index in [-0.39, 0.29) is 28.9 Å². The SMILES string of the molecule is Cn1cc(N(C=O)CC(NS(=O)(=O)c2ccccc2)C(=O)O)c(=O)c2cc(F)c(CNC3N=CCCN3)c(F)c21. The Hall–Kier alpha value is -4.05. The molecule has 2 unspecified atom stereocenters. The maximum atomic E-state index is 15.5. The number of amides is 1. The van der Waals surface area contributed by atoms with Gasteiger partial charge in [-0.15, -0.1) is 0 Å². The van der Waals surface area contributed by atoms with Gasteiger partial charge in [0.25, 0.3) is 0 Å². The van der Waals surface area contributed by atoms with Gasteiger partial charge in [-0.25, -0.2) is 17.2 Å². The third kappa shape index (κ3) is 6.07. The van der Waals surface area contributed by atoms with Crippen LogP contribution in [0.4, 0.5) is 14.5 Å². The van der Waals surface area contributed by atoms with Gasteiger partial charge < -0.3 is 14.6 Å². The van der Waals surface area contributed by atoms with Gasteiger partial charge in [-0.05, 0) is 24.6 Å². The van der Waals surface area contributed by atoms with Crippen molar-refractivity contribution in [2.45, 2.75) is 30.2 Å². The number of carbonyl (C=O) groups is 2. The van der Waals surface area contributed by atoms with Gasteiger partial charge in [0.05, 0.1) is 22.3 Å². The number of halogens is 2. The van der Waals surface area contributed by atoms with E-state index in [1.54, 1.807) is 12.3 Å². The molecule has 212 valence electrons. The molecule has 1 aromatic heterocycles. The second kappa shape index (κ2) is 12.0. The third-order valence-electron chi connectivity index (χ3n) is 6.24. The van der Waals surface area contributed by atoms with Crippen LogP contribution in [0, 0.1) is 11.6 Å². The van der Waals surface area contributed by atoms with E-state index in [2.05, 4.69) is 15.6 Å². The summed E-state index contributed by atoms with van der Waals surface area (Å²) in [5.74, 6) is -3.62. The number of carboxylic acid groups (broad SMARTS) is 1. The molecule has 40 heavy (non-hydrogen) atoms. The molecule has 2 atom stereocenters. The number of benzene rings is 2. The molecule has 0 radical (unpaired) electrons. The Morgan fingerprint density at radius 2 is 2.05 bits per heavy atom. The van der Waals surface area contributed by atoms with Crippen LogP contribution in [0.25, 0.3) is 10.9 Å². The molecule has 0 fully saturated rings. The lowest BCUT2D eigenvalue weighted by molar-refractivity contribution is -0.138. The van der Waals surface area contributed by atoms with E-state index in [0.717, 1.165) is 18.7 Å². The van der Waals surface area contributed by atoms with E-state index in [9.17, 15) is 32.3 Å². The average molecular weight is 577 g/mol. The summed E-state index contributed by atoms with van der Waals surface area (Å²) in [7, 11) is -2.93. The summed E-state index contributed by atoms with van der Waals surface area (Å²) in [6.45, 7) is -0.376. The summed E-state index contributed by atoms with van der Waals surface area (Å²) in [6.07, 6.45) is 3.11. The maximum Gasteiger partial charge on any atom is 0.323 e. The van der Waals surface area contributed by atoms with Crippen LogP contribution in [-0.2, 0) is 33.2 Å². The molecule has 15 heteroatoms. The minimum absolute atomic E-state index is 0.137. The van der Waals surface area contributed by atoms with Crippen LogP contribution in [0.15, 0.2) is 57.3 Å². The summed E-state index contributed by atoms with van der Waals surface area (Å²) < 4.78 is 59.0. The number of aromatic nitrogens is 1. The van der Waals surface area contributed by atoms with E-state index in [4.69, 9.17) is 0 Å². The van der Waals surface area contributed by atoms with Crippen molar-refractivity contribution < 1.29 is 31.9 Å². The molecule has 0 saturated heterocycles. The van der Waals surface area contributed by atoms with E-state index in [0.29, 0.717) is 11.4 Å². The molecule has 4 rings (SSSR count). The summed E-state index contributed by atoms with van der Waals surface area (Å²) in [5.41, 5.74) is -1.92. The van der Waals surface area contributed by atoms with Crippen LogP contribution < -0.4 is 25.7 Å². The highest BCUT2D eigenvalue weighted by Crippen LogP contribution is 2.24. The molecule has 0 spiro atoms. The standard InChI is InChI=1S/C25H26F2N6O6S/c1-32-13-20(33(14-34)12-19(24(36)37)31-40(38,39)15-6-3-2-4-7-15)23(35)16-10-18(26)17(21(27)22(16)32)11-30-25-28-8-5-9-29-25/h2-4,6-8,10,13-14,19,25,29-31H,5,9,11-12H2,1H3,(H,36,37). The zero-order chi connectivity index (χ0) is 29.0. The molecular weight excluding hydrogens is 550 g/mol. The minimum Gasteiger partial charge on any atom is -0.480 e. The van der Waals surface area contributed by atoms with Crippen LogP contribution in [0.1, 0.15) is 12.0 Å². The number of nitrogens with zero attached hydrogens (tertiary/aromatic N) is 3. The van der Waals surface area contributed by atoms with Crippen molar-refractivity contribution in [3.63, 3.8) is 0 Å². The van der Waals surface area contributed by atoms with Crippen molar-refractivity contribution in [3.05, 3.63) is 70.0 Å². The Kier molecular flexibility index (Phi) is 8.68. The van der Waals surface area contributed by atoms with Crippen LogP contribution in [0.5, 0.6) is 0 Å². The van der Waals surface area contributed by atoms with Crippen molar-refractivity contribution in [2.24, 2.45) is 12.0 Å². The number of sulfonamides is 1. The van der Waals surface area contributed by atoms with Crippen LogP contribution in [0.2, 0.25) is 0 Å². The second-order valence-corrected chi connectivity index (χ2v) is 10.7. The smallest absolute Gasteiger partial charge is 0.323 e. The molecule has 2 aromatic carbocycles. The van der Waals surface area contributed by atoms with Crippen molar-refractivity contribution in [3.8, 4) is 0 Å². The van der Waals surface area contributed by atoms with E-state index < -0.39 is 63.0 Å². The molecule has 1 aliphatic rings. The predicted molar refractivity (Wildman–Crippen MR) is 142 cm³/mol.